The lowest BCUT2D eigenvalue weighted by molar-refractivity contribution is -0.127. The smallest absolute Gasteiger partial charge is 0.246 e. The fourth-order valence-corrected chi connectivity index (χ4v) is 2.74. The minimum absolute atomic E-state index is 0.108. The molecule has 2 fully saturated rings. The highest BCUT2D eigenvalue weighted by Gasteiger charge is 2.46. The van der Waals surface area contributed by atoms with Crippen LogP contribution in [0.4, 0.5) is 0 Å². The summed E-state index contributed by atoms with van der Waals surface area (Å²) in [6, 6.07) is 0.979. The number of hydrogen-bond donors (Lipinski definition) is 0. The van der Waals surface area contributed by atoms with Crippen molar-refractivity contribution in [2.24, 2.45) is 5.92 Å². The molecule has 2 atom stereocenters. The van der Waals surface area contributed by atoms with Crippen LogP contribution in [0.2, 0.25) is 0 Å². The standard InChI is InChI=1S/C12H20N2O/c1-4-11(15)14-8-7-10(13(2)3)12(14)9-5-6-9/h4,9-10,12H,1,5-8H2,2-3H3. The molecular weight excluding hydrogens is 188 g/mol. The number of carbonyl (C=O) groups excluding carboxylic acids is 1. The number of rotatable bonds is 3. The summed E-state index contributed by atoms with van der Waals surface area (Å²) in [6.45, 7) is 4.48. The predicted octanol–water partition coefficient (Wildman–Crippen LogP) is 1.11. The number of likely N-dealkylation sites (tertiary alicyclic amines) is 1. The summed E-state index contributed by atoms with van der Waals surface area (Å²) in [5, 5.41) is 0. The Morgan fingerprint density at radius 3 is 2.53 bits per heavy atom. The second-order valence-electron chi connectivity index (χ2n) is 4.88. The van der Waals surface area contributed by atoms with Gasteiger partial charge in [0.2, 0.25) is 5.91 Å². The van der Waals surface area contributed by atoms with Crippen LogP contribution in [0.15, 0.2) is 12.7 Å². The number of hydrogen-bond acceptors (Lipinski definition) is 2. The van der Waals surface area contributed by atoms with E-state index in [4.69, 9.17) is 0 Å². The van der Waals surface area contributed by atoms with Gasteiger partial charge in [0.1, 0.15) is 0 Å². The molecule has 84 valence electrons. The van der Waals surface area contributed by atoms with Gasteiger partial charge in [-0.3, -0.25) is 4.79 Å². The summed E-state index contributed by atoms with van der Waals surface area (Å²) in [6.07, 6.45) is 5.13. The van der Waals surface area contributed by atoms with E-state index in [1.807, 2.05) is 4.90 Å². The second-order valence-corrected chi connectivity index (χ2v) is 4.88. The maximum atomic E-state index is 11.7. The van der Waals surface area contributed by atoms with Crippen molar-refractivity contribution in [1.82, 2.24) is 9.80 Å². The van der Waals surface area contributed by atoms with Crippen molar-refractivity contribution >= 4 is 5.91 Å². The fourth-order valence-electron chi connectivity index (χ4n) is 2.74. The molecule has 0 aromatic rings. The van der Waals surface area contributed by atoms with Crippen LogP contribution in [0.5, 0.6) is 0 Å². The van der Waals surface area contributed by atoms with Crippen LogP contribution in [-0.2, 0) is 4.79 Å². The molecule has 1 amide bonds. The number of amides is 1. The van der Waals surface area contributed by atoms with Crippen LogP contribution in [-0.4, -0.2) is 48.4 Å². The number of carbonyl (C=O) groups is 1. The van der Waals surface area contributed by atoms with Crippen LogP contribution in [0.25, 0.3) is 0 Å². The molecule has 1 saturated carbocycles. The van der Waals surface area contributed by atoms with Gasteiger partial charge in [0.05, 0.1) is 6.04 Å². The molecule has 1 aliphatic heterocycles. The Hall–Kier alpha value is -0.830. The number of likely N-dealkylation sites (N-methyl/N-ethyl adjacent to an activating group) is 1. The quantitative estimate of drug-likeness (QED) is 0.649. The Labute approximate surface area is 91.7 Å². The Balaban J connectivity index is 2.12. The summed E-state index contributed by atoms with van der Waals surface area (Å²) in [7, 11) is 4.23. The third kappa shape index (κ3) is 1.93. The number of nitrogens with zero attached hydrogens (tertiary/aromatic N) is 2. The van der Waals surface area contributed by atoms with Crippen LogP contribution in [0.1, 0.15) is 19.3 Å². The molecule has 0 radical (unpaired) electrons. The first kappa shape index (κ1) is 10.7. The molecule has 0 aromatic heterocycles. The molecular formula is C12H20N2O. The lowest BCUT2D eigenvalue weighted by Crippen LogP contribution is -2.45. The normalized spacial score (nSPS) is 31.0. The average Bonchev–Trinajstić information content (AvgIpc) is 2.95. The highest BCUT2D eigenvalue weighted by molar-refractivity contribution is 5.87. The highest BCUT2D eigenvalue weighted by Crippen LogP contribution is 2.41. The van der Waals surface area contributed by atoms with Gasteiger partial charge in [-0.25, -0.2) is 0 Å². The van der Waals surface area contributed by atoms with Crippen molar-refractivity contribution < 1.29 is 4.79 Å². The molecule has 0 N–H and O–H groups in total. The first-order valence-corrected chi connectivity index (χ1v) is 5.74. The van der Waals surface area contributed by atoms with E-state index in [-0.39, 0.29) is 5.91 Å². The molecule has 0 aromatic carbocycles. The van der Waals surface area contributed by atoms with Gasteiger partial charge in [0.15, 0.2) is 0 Å². The molecule has 3 heteroatoms. The maximum Gasteiger partial charge on any atom is 0.246 e. The lowest BCUT2D eigenvalue weighted by Gasteiger charge is -2.31. The third-order valence-electron chi connectivity index (χ3n) is 3.65. The highest BCUT2D eigenvalue weighted by atomic mass is 16.2. The van der Waals surface area contributed by atoms with Gasteiger partial charge in [-0.1, -0.05) is 6.58 Å². The molecule has 15 heavy (non-hydrogen) atoms. The zero-order chi connectivity index (χ0) is 11.0. The average molecular weight is 208 g/mol. The summed E-state index contributed by atoms with van der Waals surface area (Å²) in [4.78, 5) is 16.0. The summed E-state index contributed by atoms with van der Waals surface area (Å²) >= 11 is 0. The van der Waals surface area contributed by atoms with Crippen LogP contribution >= 0.6 is 0 Å². The Morgan fingerprint density at radius 2 is 2.07 bits per heavy atom. The van der Waals surface area contributed by atoms with E-state index in [1.165, 1.54) is 18.9 Å². The minimum atomic E-state index is 0.108. The van der Waals surface area contributed by atoms with Crippen LogP contribution < -0.4 is 0 Å². The van der Waals surface area contributed by atoms with Crippen molar-refractivity contribution in [2.75, 3.05) is 20.6 Å². The summed E-state index contributed by atoms with van der Waals surface area (Å²) < 4.78 is 0. The molecule has 2 unspecified atom stereocenters. The first-order valence-electron chi connectivity index (χ1n) is 5.74. The van der Waals surface area contributed by atoms with Crippen molar-refractivity contribution in [1.29, 1.82) is 0 Å². The Kier molecular flexibility index (Phi) is 2.83. The van der Waals surface area contributed by atoms with Gasteiger partial charge in [0, 0.05) is 12.6 Å². The van der Waals surface area contributed by atoms with Gasteiger partial charge < -0.3 is 9.80 Å². The molecule has 2 aliphatic rings. The van der Waals surface area contributed by atoms with E-state index in [2.05, 4.69) is 25.6 Å². The van der Waals surface area contributed by atoms with Crippen LogP contribution in [0, 0.1) is 5.92 Å². The van der Waals surface area contributed by atoms with E-state index in [1.54, 1.807) is 0 Å². The first-order chi connectivity index (χ1) is 7.15. The van der Waals surface area contributed by atoms with Crippen molar-refractivity contribution in [3.63, 3.8) is 0 Å². The molecule has 1 heterocycles. The third-order valence-corrected chi connectivity index (χ3v) is 3.65. The van der Waals surface area contributed by atoms with Gasteiger partial charge in [-0.05, 0) is 45.4 Å². The molecule has 0 bridgehead atoms. The maximum absolute atomic E-state index is 11.7. The fraction of sp³-hybridized carbons (Fsp3) is 0.750. The summed E-state index contributed by atoms with van der Waals surface area (Å²) in [5.74, 6) is 0.847. The van der Waals surface area contributed by atoms with Crippen molar-refractivity contribution in [3.8, 4) is 0 Å². The predicted molar refractivity (Wildman–Crippen MR) is 60.5 cm³/mol. The Bertz CT molecular complexity index is 271. The van der Waals surface area contributed by atoms with E-state index in [0.717, 1.165) is 18.9 Å². The van der Waals surface area contributed by atoms with E-state index >= 15 is 0 Å². The van der Waals surface area contributed by atoms with Gasteiger partial charge >= 0.3 is 0 Å². The van der Waals surface area contributed by atoms with Gasteiger partial charge in [0.25, 0.3) is 0 Å². The summed E-state index contributed by atoms with van der Waals surface area (Å²) in [5.41, 5.74) is 0. The van der Waals surface area contributed by atoms with Crippen molar-refractivity contribution in [2.45, 2.75) is 31.3 Å². The van der Waals surface area contributed by atoms with Gasteiger partial charge in [-0.15, -0.1) is 0 Å². The SMILES string of the molecule is C=CC(=O)N1CCC(N(C)C)C1C1CC1. The minimum Gasteiger partial charge on any atom is -0.334 e. The molecule has 1 aliphatic carbocycles. The lowest BCUT2D eigenvalue weighted by atomic mass is 10.0. The topological polar surface area (TPSA) is 23.6 Å². The van der Waals surface area contributed by atoms with E-state index < -0.39 is 0 Å². The molecule has 2 rings (SSSR count). The second kappa shape index (κ2) is 3.97. The van der Waals surface area contributed by atoms with E-state index in [0.29, 0.717) is 12.1 Å². The van der Waals surface area contributed by atoms with E-state index in [9.17, 15) is 4.79 Å². The van der Waals surface area contributed by atoms with Gasteiger partial charge in [-0.2, -0.15) is 0 Å². The molecule has 3 nitrogen and oxygen atoms in total. The largest absolute Gasteiger partial charge is 0.334 e. The molecule has 0 spiro atoms. The van der Waals surface area contributed by atoms with Crippen LogP contribution in [0.3, 0.4) is 0 Å². The zero-order valence-electron chi connectivity index (χ0n) is 9.65. The molecule has 1 saturated heterocycles. The monoisotopic (exact) mass is 208 g/mol. The Morgan fingerprint density at radius 1 is 1.40 bits per heavy atom. The zero-order valence-corrected chi connectivity index (χ0v) is 9.65. The van der Waals surface area contributed by atoms with Crippen molar-refractivity contribution in [3.05, 3.63) is 12.7 Å².